The molecule has 0 aliphatic carbocycles. The monoisotopic (exact) mass is 359 g/mol. The van der Waals surface area contributed by atoms with Crippen LogP contribution in [0.25, 0.3) is 0 Å². The number of para-hydroxylation sites is 1. The molecule has 4 N–H and O–H groups in total. The van der Waals surface area contributed by atoms with E-state index >= 15 is 0 Å². The van der Waals surface area contributed by atoms with Crippen molar-refractivity contribution in [3.8, 4) is 0 Å². The van der Waals surface area contributed by atoms with Crippen molar-refractivity contribution in [2.75, 3.05) is 42.3 Å². The van der Waals surface area contributed by atoms with Crippen molar-refractivity contribution in [2.24, 2.45) is 0 Å². The lowest BCUT2D eigenvalue weighted by Crippen LogP contribution is -2.39. The topological polar surface area (TPSA) is 96.3 Å². The third-order valence-corrected chi connectivity index (χ3v) is 4.50. The number of benzene rings is 1. The molecule has 0 amide bonds. The predicted octanol–water partition coefficient (Wildman–Crippen LogP) is 1.59. The van der Waals surface area contributed by atoms with Crippen LogP contribution < -0.4 is 21.5 Å². The average molecular weight is 359 g/mol. The molecule has 0 saturated carbocycles. The Balaban J connectivity index is 1.89. The maximum Gasteiger partial charge on any atom is 0.264 e. The smallest absolute Gasteiger partial charge is 0.264 e. The second kappa shape index (κ2) is 7.20. The van der Waals surface area contributed by atoms with Crippen LogP contribution in [0, 0.1) is 13.8 Å². The molecule has 1 aromatic carbocycles. The molecule has 1 aromatic heterocycles. The Morgan fingerprint density at radius 1 is 1.32 bits per heavy atom. The highest BCUT2D eigenvalue weighted by Gasteiger charge is 2.19. The van der Waals surface area contributed by atoms with Crippen LogP contribution in [-0.2, 0) is 4.74 Å². The van der Waals surface area contributed by atoms with Crippen LogP contribution in [0.5, 0.6) is 0 Å². The van der Waals surface area contributed by atoms with E-state index in [1.807, 2.05) is 36.9 Å². The van der Waals surface area contributed by atoms with Crippen molar-refractivity contribution in [3.63, 3.8) is 0 Å². The highest BCUT2D eigenvalue weighted by molar-refractivity contribution is 7.81. The molecule has 7 nitrogen and oxygen atoms in total. The third kappa shape index (κ3) is 3.64. The number of hydrogen-bond acceptors (Lipinski definition) is 6. The minimum atomic E-state index is -0.349. The fraction of sp³-hybridized carbons (Fsp3) is 0.353. The summed E-state index contributed by atoms with van der Waals surface area (Å²) in [4.78, 5) is 21.9. The molecule has 2 heterocycles. The highest BCUT2D eigenvalue weighted by atomic mass is 32.1. The molecule has 2 aromatic rings. The number of hydrogen-bond donors (Lipinski definition) is 3. The minimum Gasteiger partial charge on any atom is -0.383 e. The van der Waals surface area contributed by atoms with Crippen LogP contribution in [0.15, 0.2) is 23.0 Å². The summed E-state index contributed by atoms with van der Waals surface area (Å²) in [6.07, 6.45) is 0. The van der Waals surface area contributed by atoms with Gasteiger partial charge in [-0.2, -0.15) is 4.98 Å². The molecule has 3 rings (SSSR count). The summed E-state index contributed by atoms with van der Waals surface area (Å²) in [6, 6.07) is 5.93. The SMILES string of the molecule is Cc1cccc(C)c1NC(=S)c1c(N)nc(N2CCOCC2)[nH]c1=O. The van der Waals surface area contributed by atoms with Gasteiger partial charge in [-0.25, -0.2) is 0 Å². The summed E-state index contributed by atoms with van der Waals surface area (Å²) in [5.74, 6) is 0.568. The standard InChI is InChI=1S/C17H21N5O2S/c1-10-4-3-5-11(2)13(10)19-16(25)12-14(18)20-17(21-15(12)23)22-6-8-24-9-7-22/h3-5H,6-9H2,1-2H3,(H,19,25)(H3,18,20,21,23). The summed E-state index contributed by atoms with van der Waals surface area (Å²) in [7, 11) is 0. The number of aromatic nitrogens is 2. The van der Waals surface area contributed by atoms with E-state index in [-0.39, 0.29) is 21.9 Å². The van der Waals surface area contributed by atoms with Gasteiger partial charge in [-0.3, -0.25) is 9.78 Å². The number of nitrogens with two attached hydrogens (primary N) is 1. The number of anilines is 3. The Bertz CT molecular complexity index is 838. The molecule has 0 spiro atoms. The van der Waals surface area contributed by atoms with E-state index in [1.165, 1.54) is 0 Å². The van der Waals surface area contributed by atoms with Crippen LogP contribution in [-0.4, -0.2) is 41.3 Å². The summed E-state index contributed by atoms with van der Waals surface area (Å²) in [5.41, 5.74) is 8.84. The van der Waals surface area contributed by atoms with Crippen LogP contribution in [0.2, 0.25) is 0 Å². The molecule has 1 saturated heterocycles. The quantitative estimate of drug-likeness (QED) is 0.716. The maximum atomic E-state index is 12.5. The van der Waals surface area contributed by atoms with Gasteiger partial charge in [-0.1, -0.05) is 30.4 Å². The number of aromatic amines is 1. The van der Waals surface area contributed by atoms with E-state index in [0.29, 0.717) is 32.3 Å². The van der Waals surface area contributed by atoms with E-state index < -0.39 is 0 Å². The van der Waals surface area contributed by atoms with Crippen molar-refractivity contribution in [1.82, 2.24) is 9.97 Å². The normalized spacial score (nSPS) is 14.4. The van der Waals surface area contributed by atoms with Gasteiger partial charge in [0.1, 0.15) is 16.4 Å². The van der Waals surface area contributed by atoms with Gasteiger partial charge >= 0.3 is 0 Å². The van der Waals surface area contributed by atoms with Crippen molar-refractivity contribution in [1.29, 1.82) is 0 Å². The van der Waals surface area contributed by atoms with Gasteiger partial charge in [0.15, 0.2) is 0 Å². The second-order valence-electron chi connectivity index (χ2n) is 5.97. The molecule has 1 aliphatic heterocycles. The van der Waals surface area contributed by atoms with Crippen molar-refractivity contribution >= 4 is 34.7 Å². The molecular formula is C17H21N5O2S. The first-order valence-corrected chi connectivity index (χ1v) is 8.48. The van der Waals surface area contributed by atoms with Crippen molar-refractivity contribution < 1.29 is 4.74 Å². The molecule has 0 bridgehead atoms. The van der Waals surface area contributed by atoms with E-state index in [2.05, 4.69) is 15.3 Å². The van der Waals surface area contributed by atoms with Crippen LogP contribution >= 0.6 is 12.2 Å². The van der Waals surface area contributed by atoms with Gasteiger partial charge in [-0.05, 0) is 25.0 Å². The molecule has 0 unspecified atom stereocenters. The molecule has 1 fully saturated rings. The molecule has 1 aliphatic rings. The van der Waals surface area contributed by atoms with Crippen LogP contribution in [0.4, 0.5) is 17.5 Å². The number of nitrogens with zero attached hydrogens (tertiary/aromatic N) is 2. The molecule has 0 radical (unpaired) electrons. The van der Waals surface area contributed by atoms with Gasteiger partial charge < -0.3 is 20.7 Å². The number of rotatable bonds is 3. The number of thiocarbonyl (C=S) groups is 1. The zero-order chi connectivity index (χ0) is 18.0. The van der Waals surface area contributed by atoms with Crippen LogP contribution in [0.1, 0.15) is 16.7 Å². The molecule has 0 atom stereocenters. The lowest BCUT2D eigenvalue weighted by Gasteiger charge is -2.27. The minimum absolute atomic E-state index is 0.119. The number of aryl methyl sites for hydroxylation is 2. The zero-order valence-electron chi connectivity index (χ0n) is 14.3. The number of morpholine rings is 1. The Hall–Kier alpha value is -2.45. The first kappa shape index (κ1) is 17.4. The van der Waals surface area contributed by atoms with Gasteiger partial charge in [0.05, 0.1) is 13.2 Å². The van der Waals surface area contributed by atoms with Gasteiger partial charge in [0, 0.05) is 18.8 Å². The largest absolute Gasteiger partial charge is 0.383 e. The Kier molecular flexibility index (Phi) is 5.00. The Labute approximate surface area is 151 Å². The van der Waals surface area contributed by atoms with Crippen molar-refractivity contribution in [2.45, 2.75) is 13.8 Å². The molecule has 25 heavy (non-hydrogen) atoms. The molecule has 132 valence electrons. The van der Waals surface area contributed by atoms with Gasteiger partial charge in [0.2, 0.25) is 5.95 Å². The summed E-state index contributed by atoms with van der Waals surface area (Å²) in [5, 5.41) is 3.13. The zero-order valence-corrected chi connectivity index (χ0v) is 15.1. The first-order chi connectivity index (χ1) is 12.0. The van der Waals surface area contributed by atoms with Gasteiger partial charge in [-0.15, -0.1) is 0 Å². The molecule has 8 heteroatoms. The summed E-state index contributed by atoms with van der Waals surface area (Å²) < 4.78 is 5.31. The fourth-order valence-corrected chi connectivity index (χ4v) is 3.11. The number of nitrogens with one attached hydrogen (secondary N) is 2. The van der Waals surface area contributed by atoms with Crippen LogP contribution in [0.3, 0.4) is 0 Å². The fourth-order valence-electron chi connectivity index (χ4n) is 2.81. The summed E-state index contributed by atoms with van der Waals surface area (Å²) >= 11 is 5.41. The highest BCUT2D eigenvalue weighted by Crippen LogP contribution is 2.21. The first-order valence-electron chi connectivity index (χ1n) is 8.07. The Morgan fingerprint density at radius 3 is 2.56 bits per heavy atom. The maximum absolute atomic E-state index is 12.5. The number of H-pyrrole nitrogens is 1. The average Bonchev–Trinajstić information content (AvgIpc) is 2.58. The molecular weight excluding hydrogens is 338 g/mol. The predicted molar refractivity (Wildman–Crippen MR) is 104 cm³/mol. The second-order valence-corrected chi connectivity index (χ2v) is 6.38. The number of ether oxygens (including phenoxy) is 1. The lowest BCUT2D eigenvalue weighted by molar-refractivity contribution is 0.122. The third-order valence-electron chi connectivity index (χ3n) is 4.19. The summed E-state index contributed by atoms with van der Waals surface area (Å²) in [6.45, 7) is 6.46. The Morgan fingerprint density at radius 2 is 1.96 bits per heavy atom. The van der Waals surface area contributed by atoms with E-state index in [0.717, 1.165) is 16.8 Å². The van der Waals surface area contributed by atoms with Gasteiger partial charge in [0.25, 0.3) is 5.56 Å². The van der Waals surface area contributed by atoms with E-state index in [1.54, 1.807) is 0 Å². The van der Waals surface area contributed by atoms with Crippen molar-refractivity contribution in [3.05, 3.63) is 45.2 Å². The lowest BCUT2D eigenvalue weighted by atomic mass is 10.1. The van der Waals surface area contributed by atoms with E-state index in [9.17, 15) is 4.79 Å². The van der Waals surface area contributed by atoms with E-state index in [4.69, 9.17) is 22.7 Å². The number of nitrogen functional groups attached to an aromatic ring is 1.